The Morgan fingerprint density at radius 2 is 1.86 bits per heavy atom. The third kappa shape index (κ3) is 3.55. The van der Waals surface area contributed by atoms with E-state index in [0.717, 1.165) is 17.0 Å². The lowest BCUT2D eigenvalue weighted by atomic mass is 10.1. The molecule has 0 bridgehead atoms. The van der Waals surface area contributed by atoms with Gasteiger partial charge in [-0.15, -0.1) is 16.4 Å². The van der Waals surface area contributed by atoms with E-state index in [-0.39, 0.29) is 17.1 Å². The molecule has 29 heavy (non-hydrogen) atoms. The van der Waals surface area contributed by atoms with Gasteiger partial charge >= 0.3 is 5.97 Å². The minimum atomic E-state index is -0.588. The van der Waals surface area contributed by atoms with E-state index in [1.54, 1.807) is 29.8 Å². The number of hydrogen-bond donors (Lipinski definition) is 1. The molecular weight excluding hydrogens is 392 g/mol. The van der Waals surface area contributed by atoms with Crippen molar-refractivity contribution < 1.29 is 19.1 Å². The number of hydrogen-bond acceptors (Lipinski definition) is 7. The van der Waals surface area contributed by atoms with Crippen LogP contribution < -0.4 is 10.1 Å². The minimum Gasteiger partial charge on any atom is -0.497 e. The van der Waals surface area contributed by atoms with Crippen molar-refractivity contribution in [3.8, 4) is 17.0 Å². The Balaban J connectivity index is 1.64. The summed E-state index contributed by atoms with van der Waals surface area (Å²) in [4.78, 5) is 29.5. The fraction of sp³-hybridized carbons (Fsp3) is 0.100. The Morgan fingerprint density at radius 1 is 1.07 bits per heavy atom. The number of nitrogens with zero attached hydrogens (tertiary/aromatic N) is 3. The molecular formula is C20H16N4O4S. The summed E-state index contributed by atoms with van der Waals surface area (Å²) >= 11 is 1.40. The number of fused-ring (bicyclic) bond motifs is 1. The van der Waals surface area contributed by atoms with Crippen LogP contribution in [0.2, 0.25) is 0 Å². The second-order valence-corrected chi connectivity index (χ2v) is 6.81. The molecule has 0 aliphatic rings. The SMILES string of the molecule is COC(=O)c1ccccc1C(=O)Nc1nc2scc(-c3cccc(OC)c3)n2n1. The van der Waals surface area contributed by atoms with Gasteiger partial charge in [0.25, 0.3) is 11.9 Å². The highest BCUT2D eigenvalue weighted by Gasteiger charge is 2.19. The van der Waals surface area contributed by atoms with Crippen LogP contribution in [-0.2, 0) is 4.74 Å². The van der Waals surface area contributed by atoms with E-state index >= 15 is 0 Å². The maximum atomic E-state index is 12.7. The van der Waals surface area contributed by atoms with Gasteiger partial charge in [0.15, 0.2) is 0 Å². The number of anilines is 1. The van der Waals surface area contributed by atoms with Crippen LogP contribution in [-0.4, -0.2) is 40.7 Å². The molecule has 146 valence electrons. The van der Waals surface area contributed by atoms with Gasteiger partial charge in [0.05, 0.1) is 31.0 Å². The standard InChI is InChI=1S/C20H16N4O4S/c1-27-13-7-5-6-12(10-13)16-11-29-20-22-19(23-24(16)20)21-17(25)14-8-3-4-9-15(14)18(26)28-2/h3-11H,1-2H3,(H,21,23,25). The second-order valence-electron chi connectivity index (χ2n) is 5.97. The van der Waals surface area contributed by atoms with Crippen molar-refractivity contribution >= 4 is 34.1 Å². The van der Waals surface area contributed by atoms with E-state index in [2.05, 4.69) is 15.4 Å². The van der Waals surface area contributed by atoms with Crippen LogP contribution in [0.4, 0.5) is 5.95 Å². The van der Waals surface area contributed by atoms with E-state index < -0.39 is 11.9 Å². The number of methoxy groups -OCH3 is 2. The highest BCUT2D eigenvalue weighted by molar-refractivity contribution is 7.15. The monoisotopic (exact) mass is 408 g/mol. The average molecular weight is 408 g/mol. The Labute approximate surface area is 169 Å². The Morgan fingerprint density at radius 3 is 2.62 bits per heavy atom. The molecule has 4 rings (SSSR count). The lowest BCUT2D eigenvalue weighted by Crippen LogP contribution is -2.17. The molecule has 1 N–H and O–H groups in total. The number of benzene rings is 2. The number of esters is 1. The Bertz CT molecular complexity index is 1210. The van der Waals surface area contributed by atoms with Crippen LogP contribution >= 0.6 is 11.3 Å². The molecule has 0 unspecified atom stereocenters. The molecule has 0 saturated carbocycles. The van der Waals surface area contributed by atoms with Crippen molar-refractivity contribution in [2.45, 2.75) is 0 Å². The minimum absolute atomic E-state index is 0.144. The Kier molecular flexibility index (Phi) is 4.96. The summed E-state index contributed by atoms with van der Waals surface area (Å²) in [6, 6.07) is 14.0. The van der Waals surface area contributed by atoms with Crippen LogP contribution in [0, 0.1) is 0 Å². The third-order valence-electron chi connectivity index (χ3n) is 4.25. The summed E-state index contributed by atoms with van der Waals surface area (Å²) in [5, 5.41) is 8.97. The van der Waals surface area contributed by atoms with Gasteiger partial charge < -0.3 is 9.47 Å². The molecule has 4 aromatic rings. The van der Waals surface area contributed by atoms with Crippen molar-refractivity contribution in [3.05, 3.63) is 65.0 Å². The van der Waals surface area contributed by atoms with E-state index in [1.807, 2.05) is 29.6 Å². The lowest BCUT2D eigenvalue weighted by molar-refractivity contribution is 0.0597. The topological polar surface area (TPSA) is 94.8 Å². The van der Waals surface area contributed by atoms with Crippen molar-refractivity contribution in [1.29, 1.82) is 0 Å². The maximum absolute atomic E-state index is 12.7. The second kappa shape index (κ2) is 7.72. The quantitative estimate of drug-likeness (QED) is 0.508. The van der Waals surface area contributed by atoms with Gasteiger partial charge in [-0.3, -0.25) is 10.1 Å². The van der Waals surface area contributed by atoms with E-state index in [0.29, 0.717) is 4.96 Å². The first-order chi connectivity index (χ1) is 14.1. The number of carbonyl (C=O) groups is 2. The molecule has 0 aliphatic heterocycles. The fourth-order valence-electron chi connectivity index (χ4n) is 2.85. The zero-order valence-corrected chi connectivity index (χ0v) is 16.4. The molecule has 0 radical (unpaired) electrons. The van der Waals surface area contributed by atoms with Crippen LogP contribution in [0.1, 0.15) is 20.7 Å². The largest absolute Gasteiger partial charge is 0.497 e. The summed E-state index contributed by atoms with van der Waals surface area (Å²) in [5.41, 5.74) is 2.09. The van der Waals surface area contributed by atoms with Crippen molar-refractivity contribution in [3.63, 3.8) is 0 Å². The molecule has 9 heteroatoms. The highest BCUT2D eigenvalue weighted by atomic mass is 32.1. The van der Waals surface area contributed by atoms with Crippen molar-refractivity contribution in [1.82, 2.24) is 14.6 Å². The van der Waals surface area contributed by atoms with Crippen molar-refractivity contribution in [2.24, 2.45) is 0 Å². The van der Waals surface area contributed by atoms with Crippen molar-refractivity contribution in [2.75, 3.05) is 19.5 Å². The molecule has 2 heterocycles. The number of rotatable bonds is 5. The van der Waals surface area contributed by atoms with E-state index in [9.17, 15) is 9.59 Å². The maximum Gasteiger partial charge on any atom is 0.338 e. The van der Waals surface area contributed by atoms with E-state index in [4.69, 9.17) is 9.47 Å². The molecule has 0 atom stereocenters. The van der Waals surface area contributed by atoms with Crippen LogP contribution in [0.5, 0.6) is 5.75 Å². The van der Waals surface area contributed by atoms with Gasteiger partial charge in [0.1, 0.15) is 5.75 Å². The number of carbonyl (C=O) groups excluding carboxylic acids is 2. The van der Waals surface area contributed by atoms with Gasteiger partial charge in [-0.1, -0.05) is 24.3 Å². The molecule has 0 spiro atoms. The summed E-state index contributed by atoms with van der Waals surface area (Å²) in [5.74, 6) is -0.206. The molecule has 8 nitrogen and oxygen atoms in total. The predicted octanol–water partition coefficient (Wildman–Crippen LogP) is 3.51. The van der Waals surface area contributed by atoms with Gasteiger partial charge in [-0.2, -0.15) is 4.98 Å². The normalized spacial score (nSPS) is 10.7. The zero-order chi connectivity index (χ0) is 20.4. The fourth-order valence-corrected chi connectivity index (χ4v) is 3.68. The number of ether oxygens (including phenoxy) is 2. The molecule has 0 aliphatic carbocycles. The first kappa shape index (κ1) is 18.6. The summed E-state index contributed by atoms with van der Waals surface area (Å²) in [6.07, 6.45) is 0. The first-order valence-electron chi connectivity index (χ1n) is 8.58. The van der Waals surface area contributed by atoms with Gasteiger partial charge in [0.2, 0.25) is 4.96 Å². The number of nitrogens with one attached hydrogen (secondary N) is 1. The smallest absolute Gasteiger partial charge is 0.338 e. The van der Waals surface area contributed by atoms with E-state index in [1.165, 1.54) is 24.5 Å². The average Bonchev–Trinajstić information content (AvgIpc) is 3.33. The van der Waals surface area contributed by atoms with Gasteiger partial charge in [-0.25, -0.2) is 9.31 Å². The molecule has 0 fully saturated rings. The summed E-state index contributed by atoms with van der Waals surface area (Å²) in [7, 11) is 2.87. The van der Waals surface area contributed by atoms with Gasteiger partial charge in [0, 0.05) is 10.9 Å². The Hall–Kier alpha value is -3.72. The summed E-state index contributed by atoms with van der Waals surface area (Å²) in [6.45, 7) is 0. The first-order valence-corrected chi connectivity index (χ1v) is 9.46. The highest BCUT2D eigenvalue weighted by Crippen LogP contribution is 2.28. The molecule has 0 saturated heterocycles. The molecule has 1 amide bonds. The predicted molar refractivity (Wildman–Crippen MR) is 109 cm³/mol. The van der Waals surface area contributed by atoms with Crippen LogP contribution in [0.15, 0.2) is 53.9 Å². The summed E-state index contributed by atoms with van der Waals surface area (Å²) < 4.78 is 11.7. The lowest BCUT2D eigenvalue weighted by Gasteiger charge is -2.06. The zero-order valence-electron chi connectivity index (χ0n) is 15.6. The van der Waals surface area contributed by atoms with Crippen LogP contribution in [0.25, 0.3) is 16.2 Å². The number of amides is 1. The molecule has 2 aromatic carbocycles. The van der Waals surface area contributed by atoms with Gasteiger partial charge in [-0.05, 0) is 24.3 Å². The third-order valence-corrected chi connectivity index (χ3v) is 5.07. The number of thiazole rings is 1. The molecule has 2 aromatic heterocycles. The number of aromatic nitrogens is 3. The van der Waals surface area contributed by atoms with Crippen LogP contribution in [0.3, 0.4) is 0 Å².